The van der Waals surface area contributed by atoms with Crippen LogP contribution in [0, 0.1) is 0 Å². The van der Waals surface area contributed by atoms with Crippen molar-refractivity contribution in [1.82, 2.24) is 4.90 Å². The second-order valence-corrected chi connectivity index (χ2v) is 5.66. The van der Waals surface area contributed by atoms with Crippen molar-refractivity contribution in [2.45, 2.75) is 51.4 Å². The number of carbonyl (C=O) groups is 1. The molecule has 1 aromatic carbocycles. The minimum Gasteiger partial charge on any atom is -0.345 e. The highest BCUT2D eigenvalue weighted by atomic mass is 16.1. The van der Waals surface area contributed by atoms with Crippen molar-refractivity contribution in [3.63, 3.8) is 0 Å². The van der Waals surface area contributed by atoms with Crippen LogP contribution in [0.25, 0.3) is 0 Å². The SMILES string of the molecule is CN(C=O)C/C=C/CCCCCCCCc1ccccc1. The summed E-state index contributed by atoms with van der Waals surface area (Å²) in [6, 6.07) is 10.8. The average Bonchev–Trinajstić information content (AvgIpc) is 2.53. The van der Waals surface area contributed by atoms with Crippen molar-refractivity contribution in [3.8, 4) is 0 Å². The van der Waals surface area contributed by atoms with Crippen LogP contribution in [-0.2, 0) is 11.2 Å². The van der Waals surface area contributed by atoms with E-state index in [9.17, 15) is 4.79 Å². The van der Waals surface area contributed by atoms with E-state index in [4.69, 9.17) is 0 Å². The van der Waals surface area contributed by atoms with E-state index in [0.29, 0.717) is 0 Å². The summed E-state index contributed by atoms with van der Waals surface area (Å²) in [6.45, 7) is 0.725. The second-order valence-electron chi connectivity index (χ2n) is 5.66. The lowest BCUT2D eigenvalue weighted by Gasteiger charge is -2.05. The number of hydrogen-bond donors (Lipinski definition) is 0. The van der Waals surface area contributed by atoms with E-state index in [1.165, 1.54) is 50.5 Å². The van der Waals surface area contributed by atoms with Gasteiger partial charge in [-0.15, -0.1) is 0 Å². The average molecular weight is 287 g/mol. The number of carbonyl (C=O) groups excluding carboxylic acids is 1. The summed E-state index contributed by atoms with van der Waals surface area (Å²) in [4.78, 5) is 12.0. The van der Waals surface area contributed by atoms with Crippen molar-refractivity contribution in [2.75, 3.05) is 13.6 Å². The molecular weight excluding hydrogens is 258 g/mol. The molecule has 0 atom stereocenters. The van der Waals surface area contributed by atoms with Crippen LogP contribution in [0.4, 0.5) is 0 Å². The minimum atomic E-state index is 0.725. The van der Waals surface area contributed by atoms with Gasteiger partial charge < -0.3 is 4.90 Å². The molecule has 0 N–H and O–H groups in total. The van der Waals surface area contributed by atoms with E-state index < -0.39 is 0 Å². The molecule has 0 bridgehead atoms. The first-order chi connectivity index (χ1) is 10.3. The van der Waals surface area contributed by atoms with E-state index in [0.717, 1.165) is 19.4 Å². The van der Waals surface area contributed by atoms with Gasteiger partial charge in [0.2, 0.25) is 6.41 Å². The molecule has 2 heteroatoms. The van der Waals surface area contributed by atoms with Gasteiger partial charge in [-0.05, 0) is 31.2 Å². The zero-order chi connectivity index (χ0) is 15.2. The summed E-state index contributed by atoms with van der Waals surface area (Å²) in [5.41, 5.74) is 1.46. The standard InChI is InChI=1S/C19H29NO/c1-20(18-21)17-13-8-6-4-2-3-5-7-10-14-19-15-11-9-12-16-19/h8-9,11-13,15-16,18H,2-7,10,14,17H2,1H3/b13-8+. The normalized spacial score (nSPS) is 10.9. The molecule has 2 nitrogen and oxygen atoms in total. The molecule has 0 aliphatic rings. The second kappa shape index (κ2) is 12.2. The summed E-state index contributed by atoms with van der Waals surface area (Å²) in [5.74, 6) is 0. The summed E-state index contributed by atoms with van der Waals surface area (Å²) in [7, 11) is 1.80. The van der Waals surface area contributed by atoms with E-state index in [1.807, 2.05) is 0 Å². The molecule has 0 aliphatic heterocycles. The Morgan fingerprint density at radius 1 is 0.905 bits per heavy atom. The Balaban J connectivity index is 1.85. The lowest BCUT2D eigenvalue weighted by molar-refractivity contribution is -0.116. The number of benzene rings is 1. The lowest BCUT2D eigenvalue weighted by atomic mass is 10.0. The van der Waals surface area contributed by atoms with E-state index >= 15 is 0 Å². The van der Waals surface area contributed by atoms with Gasteiger partial charge in [-0.25, -0.2) is 0 Å². The molecule has 0 saturated carbocycles. The van der Waals surface area contributed by atoms with Crippen LogP contribution in [-0.4, -0.2) is 24.9 Å². The van der Waals surface area contributed by atoms with Crippen LogP contribution < -0.4 is 0 Å². The molecule has 0 unspecified atom stereocenters. The van der Waals surface area contributed by atoms with E-state index in [-0.39, 0.29) is 0 Å². The van der Waals surface area contributed by atoms with Gasteiger partial charge in [0.05, 0.1) is 0 Å². The van der Waals surface area contributed by atoms with Crippen molar-refractivity contribution in [3.05, 3.63) is 48.0 Å². The fourth-order valence-electron chi connectivity index (χ4n) is 2.34. The number of aryl methyl sites for hydroxylation is 1. The predicted octanol–water partition coefficient (Wildman–Crippen LogP) is 4.60. The molecule has 0 heterocycles. The predicted molar refractivity (Wildman–Crippen MR) is 90.3 cm³/mol. The number of unbranched alkanes of at least 4 members (excludes halogenated alkanes) is 6. The highest BCUT2D eigenvalue weighted by Crippen LogP contribution is 2.10. The fraction of sp³-hybridized carbons (Fsp3) is 0.526. The number of likely N-dealkylation sites (N-methyl/N-ethyl adjacent to an activating group) is 1. The molecular formula is C19H29NO. The van der Waals surface area contributed by atoms with Gasteiger partial charge >= 0.3 is 0 Å². The van der Waals surface area contributed by atoms with Crippen molar-refractivity contribution in [1.29, 1.82) is 0 Å². The highest BCUT2D eigenvalue weighted by molar-refractivity contribution is 5.46. The first kappa shape index (κ1) is 17.5. The lowest BCUT2D eigenvalue weighted by Crippen LogP contribution is -2.14. The zero-order valence-corrected chi connectivity index (χ0v) is 13.3. The van der Waals surface area contributed by atoms with Gasteiger partial charge in [0.15, 0.2) is 0 Å². The Labute approximate surface area is 129 Å². The first-order valence-electron chi connectivity index (χ1n) is 8.17. The topological polar surface area (TPSA) is 20.3 Å². The molecule has 0 spiro atoms. The van der Waals surface area contributed by atoms with Crippen LogP contribution in [0.2, 0.25) is 0 Å². The third-order valence-corrected chi connectivity index (χ3v) is 3.67. The van der Waals surface area contributed by atoms with Gasteiger partial charge in [0.25, 0.3) is 0 Å². The van der Waals surface area contributed by atoms with Gasteiger partial charge in [0, 0.05) is 13.6 Å². The number of allylic oxidation sites excluding steroid dienone is 1. The molecule has 116 valence electrons. The summed E-state index contributed by atoms with van der Waals surface area (Å²) in [6.07, 6.45) is 15.4. The number of rotatable bonds is 12. The van der Waals surface area contributed by atoms with Crippen molar-refractivity contribution < 1.29 is 4.79 Å². The van der Waals surface area contributed by atoms with Gasteiger partial charge in [-0.2, -0.15) is 0 Å². The summed E-state index contributed by atoms with van der Waals surface area (Å²) in [5, 5.41) is 0. The zero-order valence-electron chi connectivity index (χ0n) is 13.3. The molecule has 0 fully saturated rings. The maximum atomic E-state index is 10.4. The Bertz CT molecular complexity index is 386. The van der Waals surface area contributed by atoms with E-state index in [2.05, 4.69) is 42.5 Å². The van der Waals surface area contributed by atoms with Crippen LogP contribution >= 0.6 is 0 Å². The Morgan fingerprint density at radius 2 is 1.57 bits per heavy atom. The number of amides is 1. The summed E-state index contributed by atoms with van der Waals surface area (Å²) >= 11 is 0. The van der Waals surface area contributed by atoms with Gasteiger partial charge in [-0.1, -0.05) is 68.2 Å². The van der Waals surface area contributed by atoms with Crippen LogP contribution in [0.1, 0.15) is 50.5 Å². The Morgan fingerprint density at radius 3 is 2.29 bits per heavy atom. The van der Waals surface area contributed by atoms with Gasteiger partial charge in [-0.3, -0.25) is 4.79 Å². The molecule has 0 aliphatic carbocycles. The third-order valence-electron chi connectivity index (χ3n) is 3.67. The maximum Gasteiger partial charge on any atom is 0.209 e. The monoisotopic (exact) mass is 287 g/mol. The quantitative estimate of drug-likeness (QED) is 0.312. The van der Waals surface area contributed by atoms with Crippen LogP contribution in [0.5, 0.6) is 0 Å². The van der Waals surface area contributed by atoms with Crippen molar-refractivity contribution in [2.24, 2.45) is 0 Å². The maximum absolute atomic E-state index is 10.4. The fourth-order valence-corrected chi connectivity index (χ4v) is 2.34. The molecule has 0 aromatic heterocycles. The Hall–Kier alpha value is -1.57. The van der Waals surface area contributed by atoms with E-state index in [1.54, 1.807) is 11.9 Å². The molecule has 0 saturated heterocycles. The van der Waals surface area contributed by atoms with Gasteiger partial charge in [0.1, 0.15) is 0 Å². The number of nitrogens with zero attached hydrogens (tertiary/aromatic N) is 1. The molecule has 1 rings (SSSR count). The Kier molecular flexibility index (Phi) is 10.1. The molecule has 1 amide bonds. The molecule has 21 heavy (non-hydrogen) atoms. The van der Waals surface area contributed by atoms with Crippen LogP contribution in [0.15, 0.2) is 42.5 Å². The number of hydrogen-bond acceptors (Lipinski definition) is 1. The highest BCUT2D eigenvalue weighted by Gasteiger charge is 1.93. The largest absolute Gasteiger partial charge is 0.345 e. The smallest absolute Gasteiger partial charge is 0.209 e. The molecule has 1 aromatic rings. The minimum absolute atomic E-state index is 0.725. The van der Waals surface area contributed by atoms with Crippen LogP contribution in [0.3, 0.4) is 0 Å². The third kappa shape index (κ3) is 9.89. The first-order valence-corrected chi connectivity index (χ1v) is 8.17. The summed E-state index contributed by atoms with van der Waals surface area (Å²) < 4.78 is 0. The van der Waals surface area contributed by atoms with Crippen molar-refractivity contribution >= 4 is 6.41 Å². The molecule has 0 radical (unpaired) electrons.